The van der Waals surface area contributed by atoms with Gasteiger partial charge >= 0.3 is 12.0 Å². The number of thiazole rings is 1. The Morgan fingerprint density at radius 2 is 2.11 bits per heavy atom. The fourth-order valence-electron chi connectivity index (χ4n) is 1.90. The highest BCUT2D eigenvalue weighted by molar-refractivity contribution is 7.22. The van der Waals surface area contributed by atoms with E-state index in [2.05, 4.69) is 10.3 Å². The third-order valence-corrected chi connectivity index (χ3v) is 3.98. The Morgan fingerprint density at radius 1 is 1.37 bits per heavy atom. The van der Waals surface area contributed by atoms with Crippen molar-refractivity contribution in [2.75, 3.05) is 18.4 Å². The number of likely N-dealkylation sites (tertiary alicyclic amines) is 1. The second-order valence-corrected chi connectivity index (χ2v) is 5.39. The van der Waals surface area contributed by atoms with Crippen LogP contribution < -0.4 is 5.32 Å². The van der Waals surface area contributed by atoms with Crippen molar-refractivity contribution in [1.29, 1.82) is 0 Å². The highest BCUT2D eigenvalue weighted by Crippen LogP contribution is 2.26. The number of hydrogen-bond donors (Lipinski definition) is 2. The van der Waals surface area contributed by atoms with E-state index in [0.29, 0.717) is 5.13 Å². The van der Waals surface area contributed by atoms with Gasteiger partial charge in [0, 0.05) is 13.1 Å². The summed E-state index contributed by atoms with van der Waals surface area (Å²) in [5, 5.41) is 12.0. The average molecular weight is 277 g/mol. The van der Waals surface area contributed by atoms with E-state index in [0.717, 1.165) is 10.2 Å². The maximum absolute atomic E-state index is 11.8. The Bertz CT molecular complexity index is 615. The van der Waals surface area contributed by atoms with Crippen molar-refractivity contribution in [3.05, 3.63) is 24.3 Å². The molecule has 1 aromatic carbocycles. The number of aromatic nitrogens is 1. The summed E-state index contributed by atoms with van der Waals surface area (Å²) in [6, 6.07) is 7.33. The number of nitrogens with one attached hydrogen (secondary N) is 1. The number of benzene rings is 1. The molecule has 0 aliphatic carbocycles. The molecule has 1 fully saturated rings. The fourth-order valence-corrected chi connectivity index (χ4v) is 2.75. The Labute approximate surface area is 112 Å². The van der Waals surface area contributed by atoms with Crippen LogP contribution >= 0.6 is 11.3 Å². The molecule has 6 nitrogen and oxygen atoms in total. The minimum absolute atomic E-state index is 0.256. The summed E-state index contributed by atoms with van der Waals surface area (Å²) < 4.78 is 1.00. The van der Waals surface area contributed by atoms with Crippen molar-refractivity contribution in [1.82, 2.24) is 9.88 Å². The van der Waals surface area contributed by atoms with E-state index >= 15 is 0 Å². The smallest absolute Gasteiger partial charge is 0.323 e. The summed E-state index contributed by atoms with van der Waals surface area (Å²) >= 11 is 1.40. The molecule has 7 heteroatoms. The van der Waals surface area contributed by atoms with Gasteiger partial charge in [0.25, 0.3) is 0 Å². The van der Waals surface area contributed by atoms with Crippen molar-refractivity contribution in [3.63, 3.8) is 0 Å². The number of rotatable bonds is 2. The summed E-state index contributed by atoms with van der Waals surface area (Å²) in [6.45, 7) is 0.512. The number of amides is 2. The number of carbonyl (C=O) groups excluding carboxylic acids is 1. The molecule has 1 aliphatic rings. The first-order valence-electron chi connectivity index (χ1n) is 5.78. The van der Waals surface area contributed by atoms with Crippen LogP contribution in [0.25, 0.3) is 10.2 Å². The van der Waals surface area contributed by atoms with Gasteiger partial charge in [-0.05, 0) is 12.1 Å². The maximum atomic E-state index is 11.8. The topological polar surface area (TPSA) is 82.5 Å². The van der Waals surface area contributed by atoms with Crippen LogP contribution in [0.2, 0.25) is 0 Å². The van der Waals surface area contributed by atoms with E-state index in [-0.39, 0.29) is 19.1 Å². The minimum atomic E-state index is -0.857. The molecule has 1 aromatic heterocycles. The predicted molar refractivity (Wildman–Crippen MR) is 71.3 cm³/mol. The first kappa shape index (κ1) is 11.9. The van der Waals surface area contributed by atoms with Crippen LogP contribution in [0.1, 0.15) is 0 Å². The zero-order valence-electron chi connectivity index (χ0n) is 9.87. The monoisotopic (exact) mass is 277 g/mol. The molecule has 1 aliphatic heterocycles. The van der Waals surface area contributed by atoms with Crippen molar-refractivity contribution < 1.29 is 14.7 Å². The number of hydrogen-bond acceptors (Lipinski definition) is 4. The molecule has 2 aromatic rings. The lowest BCUT2D eigenvalue weighted by atomic mass is 10.0. The number of carboxylic acid groups (broad SMARTS) is 1. The standard InChI is InChI=1S/C12H11N3O3S/c16-10(17)7-5-15(6-7)12(18)14-11-13-8-3-1-2-4-9(8)19-11/h1-4,7H,5-6H2,(H,16,17)(H,13,14,18). The van der Waals surface area contributed by atoms with Crippen LogP contribution in [0, 0.1) is 5.92 Å². The van der Waals surface area contributed by atoms with E-state index < -0.39 is 11.9 Å². The van der Waals surface area contributed by atoms with Gasteiger partial charge < -0.3 is 10.0 Å². The molecule has 1 saturated heterocycles. The number of carboxylic acids is 1. The van der Waals surface area contributed by atoms with Gasteiger partial charge in [0.15, 0.2) is 5.13 Å². The fraction of sp³-hybridized carbons (Fsp3) is 0.250. The van der Waals surface area contributed by atoms with Crippen molar-refractivity contribution in [2.45, 2.75) is 0 Å². The second kappa shape index (κ2) is 4.51. The highest BCUT2D eigenvalue weighted by Gasteiger charge is 2.35. The largest absolute Gasteiger partial charge is 0.481 e. The van der Waals surface area contributed by atoms with E-state index in [4.69, 9.17) is 5.11 Å². The molecule has 3 rings (SSSR count). The Kier molecular flexibility index (Phi) is 2.83. The summed E-state index contributed by atoms with van der Waals surface area (Å²) in [6.07, 6.45) is 0. The lowest BCUT2D eigenvalue weighted by molar-refractivity contribution is -0.145. The molecule has 0 spiro atoms. The van der Waals surface area contributed by atoms with E-state index in [1.54, 1.807) is 0 Å². The molecule has 0 saturated carbocycles. The first-order chi connectivity index (χ1) is 9.13. The summed E-state index contributed by atoms with van der Waals surface area (Å²) in [7, 11) is 0. The quantitative estimate of drug-likeness (QED) is 0.877. The predicted octanol–water partition coefficient (Wildman–Crippen LogP) is 1.84. The third-order valence-electron chi connectivity index (χ3n) is 3.03. The van der Waals surface area contributed by atoms with Gasteiger partial charge in [-0.1, -0.05) is 23.5 Å². The summed E-state index contributed by atoms with van der Waals surface area (Å²) in [5.41, 5.74) is 0.842. The van der Waals surface area contributed by atoms with Crippen LogP contribution in [-0.4, -0.2) is 40.1 Å². The van der Waals surface area contributed by atoms with E-state index in [1.807, 2.05) is 24.3 Å². The molecular formula is C12H11N3O3S. The van der Waals surface area contributed by atoms with Gasteiger partial charge in [-0.15, -0.1) is 0 Å². The Morgan fingerprint density at radius 3 is 2.79 bits per heavy atom. The van der Waals surface area contributed by atoms with Crippen molar-refractivity contribution in [3.8, 4) is 0 Å². The van der Waals surface area contributed by atoms with Crippen molar-refractivity contribution >= 4 is 38.7 Å². The van der Waals surface area contributed by atoms with E-state index in [1.165, 1.54) is 16.2 Å². The molecule has 0 atom stereocenters. The van der Waals surface area contributed by atoms with Gasteiger partial charge in [0.1, 0.15) is 0 Å². The second-order valence-electron chi connectivity index (χ2n) is 4.36. The molecule has 0 unspecified atom stereocenters. The maximum Gasteiger partial charge on any atom is 0.323 e. The number of urea groups is 1. The van der Waals surface area contributed by atoms with Crippen LogP contribution in [0.5, 0.6) is 0 Å². The van der Waals surface area contributed by atoms with Crippen LogP contribution in [0.15, 0.2) is 24.3 Å². The number of para-hydroxylation sites is 1. The lowest BCUT2D eigenvalue weighted by Crippen LogP contribution is -2.54. The average Bonchev–Trinajstić information content (AvgIpc) is 2.67. The van der Waals surface area contributed by atoms with Gasteiger partial charge in [-0.2, -0.15) is 0 Å². The first-order valence-corrected chi connectivity index (χ1v) is 6.59. The SMILES string of the molecule is O=C(O)C1CN(C(=O)Nc2nc3ccccc3s2)C1. The molecule has 98 valence electrons. The minimum Gasteiger partial charge on any atom is -0.481 e. The van der Waals surface area contributed by atoms with Crippen LogP contribution in [-0.2, 0) is 4.79 Å². The summed E-state index contributed by atoms with van der Waals surface area (Å²) in [4.78, 5) is 28.2. The lowest BCUT2D eigenvalue weighted by Gasteiger charge is -2.36. The molecule has 2 amide bonds. The highest BCUT2D eigenvalue weighted by atomic mass is 32.1. The van der Waals surface area contributed by atoms with Gasteiger partial charge in [-0.3, -0.25) is 10.1 Å². The van der Waals surface area contributed by atoms with Crippen LogP contribution in [0.3, 0.4) is 0 Å². The van der Waals surface area contributed by atoms with Crippen LogP contribution in [0.4, 0.5) is 9.93 Å². The molecular weight excluding hydrogens is 266 g/mol. The van der Waals surface area contributed by atoms with Gasteiger partial charge in [0.05, 0.1) is 16.1 Å². The number of nitrogens with zero attached hydrogens (tertiary/aromatic N) is 2. The molecule has 0 radical (unpaired) electrons. The molecule has 19 heavy (non-hydrogen) atoms. The third kappa shape index (κ3) is 2.24. The molecule has 2 N–H and O–H groups in total. The number of aliphatic carboxylic acids is 1. The number of fused-ring (bicyclic) bond motifs is 1. The van der Waals surface area contributed by atoms with Crippen molar-refractivity contribution in [2.24, 2.45) is 5.92 Å². The zero-order chi connectivity index (χ0) is 13.4. The Balaban J connectivity index is 1.65. The van der Waals surface area contributed by atoms with Gasteiger partial charge in [0.2, 0.25) is 0 Å². The Hall–Kier alpha value is -2.15. The number of carbonyl (C=O) groups is 2. The molecule has 0 bridgehead atoms. The molecule has 2 heterocycles. The number of anilines is 1. The zero-order valence-corrected chi connectivity index (χ0v) is 10.7. The summed E-state index contributed by atoms with van der Waals surface area (Å²) in [5.74, 6) is -1.30. The van der Waals surface area contributed by atoms with Gasteiger partial charge in [-0.25, -0.2) is 9.78 Å². The van der Waals surface area contributed by atoms with E-state index in [9.17, 15) is 9.59 Å². The normalized spacial score (nSPS) is 15.3.